The molecule has 0 aliphatic carbocycles. The Morgan fingerprint density at radius 1 is 0.471 bits per heavy atom. The summed E-state index contributed by atoms with van der Waals surface area (Å²) in [5.74, 6) is 1.06. The maximum Gasteiger partial charge on any atom is -0.00201 e. The van der Waals surface area contributed by atoms with E-state index in [9.17, 15) is 0 Å². The van der Waals surface area contributed by atoms with Crippen LogP contribution in [0.4, 0.5) is 0 Å². The highest BCUT2D eigenvalue weighted by molar-refractivity contribution is 6.27. The van der Waals surface area contributed by atoms with Gasteiger partial charge in [0, 0.05) is 0 Å². The predicted octanol–water partition coefficient (Wildman–Crippen LogP) is 10.2. The van der Waals surface area contributed by atoms with Crippen molar-refractivity contribution < 1.29 is 0 Å². The maximum atomic E-state index is 2.41. The minimum absolute atomic E-state index is 0.526. The van der Waals surface area contributed by atoms with E-state index in [0.29, 0.717) is 11.8 Å². The van der Waals surface area contributed by atoms with Crippen LogP contribution in [-0.4, -0.2) is 0 Å². The van der Waals surface area contributed by atoms with Crippen LogP contribution < -0.4 is 0 Å². The van der Waals surface area contributed by atoms with Crippen molar-refractivity contribution in [1.82, 2.24) is 0 Å². The topological polar surface area (TPSA) is 0 Å². The van der Waals surface area contributed by atoms with Crippen LogP contribution in [0.2, 0.25) is 0 Å². The largest absolute Gasteiger partial charge is 0.0610 e. The van der Waals surface area contributed by atoms with Gasteiger partial charge < -0.3 is 0 Å². The summed E-state index contributed by atoms with van der Waals surface area (Å²) in [4.78, 5) is 0. The predicted molar refractivity (Wildman–Crippen MR) is 149 cm³/mol. The van der Waals surface area contributed by atoms with Crippen LogP contribution >= 0.6 is 0 Å². The third kappa shape index (κ3) is 3.29. The van der Waals surface area contributed by atoms with Crippen molar-refractivity contribution in [2.24, 2.45) is 0 Å². The lowest BCUT2D eigenvalue weighted by Crippen LogP contribution is -1.93. The zero-order valence-electron chi connectivity index (χ0n) is 20.4. The number of benzene rings is 6. The number of rotatable bonds is 4. The fraction of sp³-hybridized carbons (Fsp3) is 0.176. The molecule has 0 aliphatic rings. The molecule has 0 aliphatic heterocycles. The summed E-state index contributed by atoms with van der Waals surface area (Å²) in [6.07, 6.45) is 0. The molecule has 34 heavy (non-hydrogen) atoms. The van der Waals surface area contributed by atoms with Gasteiger partial charge in [-0.25, -0.2) is 0 Å². The molecule has 0 nitrogen and oxygen atoms in total. The highest BCUT2D eigenvalue weighted by Crippen LogP contribution is 2.44. The molecule has 166 valence electrons. The van der Waals surface area contributed by atoms with E-state index in [2.05, 4.69) is 125 Å². The van der Waals surface area contributed by atoms with E-state index in [1.165, 1.54) is 65.7 Å². The normalized spacial score (nSPS) is 12.1. The van der Waals surface area contributed by atoms with Crippen molar-refractivity contribution in [2.45, 2.75) is 39.5 Å². The summed E-state index contributed by atoms with van der Waals surface area (Å²) in [7, 11) is 0. The van der Waals surface area contributed by atoms with Crippen molar-refractivity contribution >= 4 is 32.3 Å². The first kappa shape index (κ1) is 20.9. The minimum Gasteiger partial charge on any atom is -0.0610 e. The van der Waals surface area contributed by atoms with Crippen molar-refractivity contribution in [2.75, 3.05) is 0 Å². The van der Waals surface area contributed by atoms with Gasteiger partial charge in [0.25, 0.3) is 0 Å². The van der Waals surface area contributed by atoms with Gasteiger partial charge in [0.05, 0.1) is 0 Å². The lowest BCUT2D eigenvalue weighted by atomic mass is 9.84. The average molecular weight is 439 g/mol. The first-order chi connectivity index (χ1) is 16.5. The van der Waals surface area contributed by atoms with Gasteiger partial charge >= 0.3 is 0 Å². The molecule has 0 amide bonds. The van der Waals surface area contributed by atoms with Crippen molar-refractivity contribution in [1.29, 1.82) is 0 Å². The quantitative estimate of drug-likeness (QED) is 0.240. The molecule has 0 aromatic heterocycles. The van der Waals surface area contributed by atoms with Crippen LogP contribution in [0.3, 0.4) is 0 Å². The SMILES string of the molecule is CC(C)c1ccc(-c2cc3ccc4cccc5ccc(c2-c2ccc(C(C)C)cc2)c3c45)cc1. The zero-order valence-corrected chi connectivity index (χ0v) is 20.4. The molecule has 0 heteroatoms. The molecule has 0 heterocycles. The van der Waals surface area contributed by atoms with Crippen LogP contribution in [-0.2, 0) is 0 Å². The molecule has 0 bridgehead atoms. The van der Waals surface area contributed by atoms with Crippen molar-refractivity contribution in [3.05, 3.63) is 108 Å². The van der Waals surface area contributed by atoms with E-state index in [0.717, 1.165) is 0 Å². The molecule has 0 N–H and O–H groups in total. The van der Waals surface area contributed by atoms with Crippen LogP contribution in [0.25, 0.3) is 54.6 Å². The molecular formula is C34H30. The van der Waals surface area contributed by atoms with Crippen LogP contribution in [0.5, 0.6) is 0 Å². The van der Waals surface area contributed by atoms with Crippen LogP contribution in [0.15, 0.2) is 97.1 Å². The summed E-state index contributed by atoms with van der Waals surface area (Å²) in [5.41, 5.74) is 7.95. The minimum atomic E-state index is 0.526. The van der Waals surface area contributed by atoms with Crippen molar-refractivity contribution in [3.8, 4) is 22.3 Å². The standard InChI is InChI=1S/C34H30/c1-21(2)23-8-12-25(13-9-23)31-20-29-17-16-26-6-5-7-27-18-19-30(34(29)32(26)27)33(31)28-14-10-24(11-15-28)22(3)4/h5-22H,1-4H3. The molecule has 0 radical (unpaired) electrons. The zero-order chi connectivity index (χ0) is 23.4. The first-order valence-corrected chi connectivity index (χ1v) is 12.4. The maximum absolute atomic E-state index is 2.41. The molecule has 0 unspecified atom stereocenters. The highest BCUT2D eigenvalue weighted by atomic mass is 14.2. The smallest absolute Gasteiger partial charge is 0.00201 e. The Kier molecular flexibility index (Phi) is 4.92. The third-order valence-electron chi connectivity index (χ3n) is 7.40. The molecule has 0 atom stereocenters. The number of hydrogen-bond donors (Lipinski definition) is 0. The van der Waals surface area contributed by atoms with Gasteiger partial charge in [-0.1, -0.05) is 119 Å². The van der Waals surface area contributed by atoms with Crippen LogP contribution in [0.1, 0.15) is 50.7 Å². The molecule has 6 aromatic carbocycles. The Morgan fingerprint density at radius 3 is 1.59 bits per heavy atom. The molecular weight excluding hydrogens is 408 g/mol. The Morgan fingerprint density at radius 2 is 1.00 bits per heavy atom. The van der Waals surface area contributed by atoms with Gasteiger partial charge in [-0.05, 0) is 83.6 Å². The highest BCUT2D eigenvalue weighted by Gasteiger charge is 2.17. The van der Waals surface area contributed by atoms with Gasteiger partial charge in [0.2, 0.25) is 0 Å². The molecule has 6 rings (SSSR count). The summed E-state index contributed by atoms with van der Waals surface area (Å²) in [6.45, 7) is 9.02. The Labute approximate surface area is 202 Å². The van der Waals surface area contributed by atoms with Gasteiger partial charge in [0.15, 0.2) is 0 Å². The van der Waals surface area contributed by atoms with E-state index in [1.807, 2.05) is 0 Å². The summed E-state index contributed by atoms with van der Waals surface area (Å²) < 4.78 is 0. The van der Waals surface area contributed by atoms with E-state index in [4.69, 9.17) is 0 Å². The van der Waals surface area contributed by atoms with Gasteiger partial charge in [-0.3, -0.25) is 0 Å². The first-order valence-electron chi connectivity index (χ1n) is 12.4. The second-order valence-electron chi connectivity index (χ2n) is 10.2. The van der Waals surface area contributed by atoms with Gasteiger partial charge in [-0.15, -0.1) is 0 Å². The van der Waals surface area contributed by atoms with E-state index in [1.54, 1.807) is 0 Å². The Hall–Kier alpha value is -3.64. The van der Waals surface area contributed by atoms with Crippen molar-refractivity contribution in [3.63, 3.8) is 0 Å². The average Bonchev–Trinajstić information content (AvgIpc) is 2.87. The van der Waals surface area contributed by atoms with Crippen LogP contribution in [0, 0.1) is 0 Å². The van der Waals surface area contributed by atoms with E-state index in [-0.39, 0.29) is 0 Å². The summed E-state index contributed by atoms with van der Waals surface area (Å²) in [6, 6.07) is 36.6. The van der Waals surface area contributed by atoms with Gasteiger partial charge in [0.1, 0.15) is 0 Å². The van der Waals surface area contributed by atoms with E-state index < -0.39 is 0 Å². The second kappa shape index (κ2) is 7.99. The third-order valence-corrected chi connectivity index (χ3v) is 7.40. The fourth-order valence-electron chi connectivity index (χ4n) is 5.43. The summed E-state index contributed by atoms with van der Waals surface area (Å²) in [5, 5.41) is 8.02. The molecule has 6 aromatic rings. The lowest BCUT2D eigenvalue weighted by Gasteiger charge is -2.19. The lowest BCUT2D eigenvalue weighted by molar-refractivity contribution is 0.867. The number of hydrogen-bond acceptors (Lipinski definition) is 0. The monoisotopic (exact) mass is 438 g/mol. The molecule has 0 fully saturated rings. The van der Waals surface area contributed by atoms with Gasteiger partial charge in [-0.2, -0.15) is 0 Å². The molecule has 0 saturated carbocycles. The molecule has 0 spiro atoms. The second-order valence-corrected chi connectivity index (χ2v) is 10.2. The fourth-order valence-corrected chi connectivity index (χ4v) is 5.43. The van der Waals surface area contributed by atoms with E-state index >= 15 is 0 Å². The Balaban J connectivity index is 1.70. The summed E-state index contributed by atoms with van der Waals surface area (Å²) >= 11 is 0. The Bertz CT molecular complexity index is 1600. The molecule has 0 saturated heterocycles.